The summed E-state index contributed by atoms with van der Waals surface area (Å²) in [6.07, 6.45) is -3.51. The van der Waals surface area contributed by atoms with Crippen LogP contribution in [0.3, 0.4) is 0 Å². The molecule has 0 aliphatic rings. The zero-order valence-corrected chi connectivity index (χ0v) is 10.3. The van der Waals surface area contributed by atoms with Gasteiger partial charge in [0.25, 0.3) is 0 Å². The van der Waals surface area contributed by atoms with E-state index in [4.69, 9.17) is 5.73 Å². The fourth-order valence-electron chi connectivity index (χ4n) is 1.46. The van der Waals surface area contributed by atoms with Crippen molar-refractivity contribution in [1.29, 1.82) is 0 Å². The average molecular weight is 299 g/mol. The zero-order valence-electron chi connectivity index (χ0n) is 10.3. The van der Waals surface area contributed by atoms with Gasteiger partial charge in [0.15, 0.2) is 0 Å². The second-order valence-corrected chi connectivity index (χ2v) is 3.92. The number of nitrogens with zero attached hydrogens (tertiary/aromatic N) is 3. The van der Waals surface area contributed by atoms with Crippen molar-refractivity contribution in [3.8, 4) is 0 Å². The first kappa shape index (κ1) is 14.5. The van der Waals surface area contributed by atoms with Gasteiger partial charge in [0, 0.05) is 5.69 Å². The fourth-order valence-corrected chi connectivity index (χ4v) is 1.46. The molecule has 0 atom stereocenters. The predicted molar refractivity (Wildman–Crippen MR) is 67.8 cm³/mol. The van der Waals surface area contributed by atoms with Gasteiger partial charge in [0.1, 0.15) is 6.20 Å². The molecule has 0 radical (unpaired) electrons. The molecule has 10 heteroatoms. The zero-order chi connectivity index (χ0) is 15.6. The van der Waals surface area contributed by atoms with Crippen molar-refractivity contribution in [3.63, 3.8) is 0 Å². The first-order valence-electron chi connectivity index (χ1n) is 5.48. The van der Waals surface area contributed by atoms with Crippen LogP contribution in [0.4, 0.5) is 36.3 Å². The molecule has 1 heterocycles. The Balaban J connectivity index is 2.19. The van der Waals surface area contributed by atoms with Gasteiger partial charge in [-0.05, 0) is 24.3 Å². The smallest absolute Gasteiger partial charge is 0.378 e. The van der Waals surface area contributed by atoms with Crippen molar-refractivity contribution >= 4 is 23.1 Å². The molecule has 110 valence electrons. The lowest BCUT2D eigenvalue weighted by atomic mass is 10.2. The third-order valence-corrected chi connectivity index (χ3v) is 2.46. The topological polar surface area (TPSA) is 107 Å². The van der Waals surface area contributed by atoms with E-state index in [-0.39, 0.29) is 17.5 Å². The van der Waals surface area contributed by atoms with Crippen molar-refractivity contribution < 1.29 is 18.1 Å². The summed E-state index contributed by atoms with van der Waals surface area (Å²) in [5.74, 6) is -0.401. The maximum Gasteiger partial charge on any atom is 0.416 e. The van der Waals surface area contributed by atoms with E-state index < -0.39 is 22.4 Å². The van der Waals surface area contributed by atoms with Crippen molar-refractivity contribution in [2.45, 2.75) is 6.18 Å². The number of hydrogen-bond donors (Lipinski definition) is 2. The Bertz CT molecular complexity index is 673. The van der Waals surface area contributed by atoms with Crippen molar-refractivity contribution in [2.75, 3.05) is 11.1 Å². The van der Waals surface area contributed by atoms with Gasteiger partial charge in [-0.3, -0.25) is 10.1 Å². The molecule has 0 bridgehead atoms. The van der Waals surface area contributed by atoms with Crippen LogP contribution in [0.5, 0.6) is 0 Å². The number of alkyl halides is 3. The number of hydrogen-bond acceptors (Lipinski definition) is 6. The fraction of sp³-hybridized carbons (Fsp3) is 0.0909. The van der Waals surface area contributed by atoms with Crippen LogP contribution in [-0.4, -0.2) is 14.9 Å². The third kappa shape index (κ3) is 3.35. The minimum Gasteiger partial charge on any atom is -0.378 e. The lowest BCUT2D eigenvalue weighted by Crippen LogP contribution is -2.06. The van der Waals surface area contributed by atoms with E-state index in [1.165, 1.54) is 12.1 Å². The van der Waals surface area contributed by atoms with Crippen LogP contribution in [0, 0.1) is 10.1 Å². The molecule has 0 fully saturated rings. The molecule has 7 nitrogen and oxygen atoms in total. The van der Waals surface area contributed by atoms with Crippen LogP contribution >= 0.6 is 0 Å². The second-order valence-electron chi connectivity index (χ2n) is 3.92. The molecule has 21 heavy (non-hydrogen) atoms. The highest BCUT2D eigenvalue weighted by atomic mass is 19.4. The molecule has 0 aliphatic carbocycles. The van der Waals surface area contributed by atoms with Crippen LogP contribution in [0.1, 0.15) is 5.56 Å². The molecule has 1 aromatic carbocycles. The summed E-state index contributed by atoms with van der Waals surface area (Å²) in [5, 5.41) is 13.1. The second kappa shape index (κ2) is 5.23. The minimum atomic E-state index is -4.42. The summed E-state index contributed by atoms with van der Waals surface area (Å²) in [6.45, 7) is 0. The maximum atomic E-state index is 12.4. The van der Waals surface area contributed by atoms with Gasteiger partial charge < -0.3 is 11.1 Å². The number of nitrogen functional groups attached to an aromatic ring is 1. The number of benzene rings is 1. The summed E-state index contributed by atoms with van der Waals surface area (Å²) >= 11 is 0. The summed E-state index contributed by atoms with van der Waals surface area (Å²) < 4.78 is 37.2. The molecule has 0 saturated heterocycles. The first-order valence-corrected chi connectivity index (χ1v) is 5.48. The number of halogens is 3. The molecule has 0 unspecified atom stereocenters. The Morgan fingerprint density at radius 2 is 1.86 bits per heavy atom. The van der Waals surface area contributed by atoms with Crippen molar-refractivity contribution in [2.24, 2.45) is 0 Å². The van der Waals surface area contributed by atoms with Crippen LogP contribution in [-0.2, 0) is 6.18 Å². The molecule has 0 spiro atoms. The van der Waals surface area contributed by atoms with Gasteiger partial charge in [0.2, 0.25) is 11.8 Å². The van der Waals surface area contributed by atoms with Crippen LogP contribution in [0.25, 0.3) is 0 Å². The van der Waals surface area contributed by atoms with E-state index in [0.717, 1.165) is 18.3 Å². The number of nitrogens with one attached hydrogen (secondary N) is 1. The van der Waals surface area contributed by atoms with E-state index in [0.29, 0.717) is 0 Å². The van der Waals surface area contributed by atoms with Crippen molar-refractivity contribution in [1.82, 2.24) is 9.97 Å². The molecule has 0 aliphatic heterocycles. The Morgan fingerprint density at radius 1 is 1.24 bits per heavy atom. The van der Waals surface area contributed by atoms with E-state index in [1.807, 2.05) is 0 Å². The lowest BCUT2D eigenvalue weighted by Gasteiger charge is -2.08. The van der Waals surface area contributed by atoms with Gasteiger partial charge in [-0.25, -0.2) is 4.98 Å². The molecule has 3 N–H and O–H groups in total. The first-order chi connectivity index (χ1) is 9.77. The van der Waals surface area contributed by atoms with E-state index in [9.17, 15) is 23.3 Å². The average Bonchev–Trinajstić information content (AvgIpc) is 2.38. The van der Waals surface area contributed by atoms with Gasteiger partial charge in [-0.1, -0.05) is 0 Å². The molecular formula is C11H8F3N5O2. The molecule has 2 aromatic rings. The van der Waals surface area contributed by atoms with E-state index >= 15 is 0 Å². The highest BCUT2D eigenvalue weighted by Crippen LogP contribution is 2.30. The van der Waals surface area contributed by atoms with Gasteiger partial charge >= 0.3 is 11.9 Å². The molecule has 0 amide bonds. The molecular weight excluding hydrogens is 291 g/mol. The Labute approximate surface area is 115 Å². The molecule has 0 saturated carbocycles. The Hall–Kier alpha value is -2.91. The molecule has 2 rings (SSSR count). The van der Waals surface area contributed by atoms with Crippen molar-refractivity contribution in [3.05, 3.63) is 46.1 Å². The number of nitrogens with two attached hydrogens (primary N) is 1. The number of nitro groups is 1. The normalized spacial score (nSPS) is 11.2. The number of aromatic nitrogens is 2. The summed E-state index contributed by atoms with van der Waals surface area (Å²) in [4.78, 5) is 17.1. The van der Waals surface area contributed by atoms with Gasteiger partial charge in [-0.2, -0.15) is 18.2 Å². The van der Waals surface area contributed by atoms with Gasteiger partial charge in [-0.15, -0.1) is 0 Å². The highest BCUT2D eigenvalue weighted by Gasteiger charge is 2.29. The lowest BCUT2D eigenvalue weighted by molar-refractivity contribution is -0.384. The summed E-state index contributed by atoms with van der Waals surface area (Å²) in [7, 11) is 0. The van der Waals surface area contributed by atoms with Crippen LogP contribution in [0.2, 0.25) is 0 Å². The summed E-state index contributed by atoms with van der Waals surface area (Å²) in [6, 6.07) is 4.14. The number of rotatable bonds is 3. The largest absolute Gasteiger partial charge is 0.416 e. The minimum absolute atomic E-state index is 0.0575. The maximum absolute atomic E-state index is 12.4. The summed E-state index contributed by atoms with van der Waals surface area (Å²) in [5.41, 5.74) is 4.42. The Kier molecular flexibility index (Phi) is 3.61. The third-order valence-electron chi connectivity index (χ3n) is 2.46. The standard InChI is InChI=1S/C11H8F3N5O2/c12-11(13,14)6-1-3-7(4-2-6)17-10-16-5-8(19(20)21)9(15)18-10/h1-5H,(H3,15,16,17,18). The number of anilines is 3. The monoisotopic (exact) mass is 299 g/mol. The molecule has 1 aromatic heterocycles. The quantitative estimate of drug-likeness (QED) is 0.666. The van der Waals surface area contributed by atoms with E-state index in [1.54, 1.807) is 0 Å². The Morgan fingerprint density at radius 3 is 2.33 bits per heavy atom. The van der Waals surface area contributed by atoms with Crippen LogP contribution in [0.15, 0.2) is 30.5 Å². The highest BCUT2D eigenvalue weighted by molar-refractivity contribution is 5.58. The SMILES string of the molecule is Nc1nc(Nc2ccc(C(F)(F)F)cc2)ncc1[N+](=O)[O-]. The predicted octanol–water partition coefficient (Wildman–Crippen LogP) is 2.73. The van der Waals surface area contributed by atoms with Crippen LogP contribution < -0.4 is 11.1 Å². The van der Waals surface area contributed by atoms with E-state index in [2.05, 4.69) is 15.3 Å². The van der Waals surface area contributed by atoms with Gasteiger partial charge in [0.05, 0.1) is 10.5 Å².